The first-order valence-electron chi connectivity index (χ1n) is 11.3. The quantitative estimate of drug-likeness (QED) is 0.385. The Hall–Kier alpha value is -3.75. The number of carbonyl (C=O) groups is 1. The first-order chi connectivity index (χ1) is 16.9. The SMILES string of the molecule is CNS(=O)(=O)c1ccc(CCC(=O)N(C)Cc2cn(-c3ccccc3)nc2-c2ccccc2)cc1. The molecule has 0 aliphatic carbocycles. The van der Waals surface area contributed by atoms with E-state index in [4.69, 9.17) is 5.10 Å². The molecule has 0 saturated heterocycles. The van der Waals surface area contributed by atoms with Crippen LogP contribution in [0.1, 0.15) is 17.5 Å². The first-order valence-corrected chi connectivity index (χ1v) is 12.8. The van der Waals surface area contributed by atoms with Crippen LogP contribution in [0.4, 0.5) is 0 Å². The molecule has 0 unspecified atom stereocenters. The molecule has 0 spiro atoms. The van der Waals surface area contributed by atoms with E-state index in [0.717, 1.165) is 28.1 Å². The van der Waals surface area contributed by atoms with Crippen molar-refractivity contribution < 1.29 is 13.2 Å². The average Bonchev–Trinajstić information content (AvgIpc) is 3.32. The van der Waals surface area contributed by atoms with E-state index in [1.807, 2.05) is 71.5 Å². The summed E-state index contributed by atoms with van der Waals surface area (Å²) in [4.78, 5) is 14.8. The molecule has 0 fully saturated rings. The second-order valence-corrected chi connectivity index (χ2v) is 10.1. The maximum absolute atomic E-state index is 12.9. The zero-order valence-corrected chi connectivity index (χ0v) is 20.6. The molecule has 8 heteroatoms. The van der Waals surface area contributed by atoms with Crippen LogP contribution in [-0.2, 0) is 27.8 Å². The van der Waals surface area contributed by atoms with Gasteiger partial charge in [0, 0.05) is 37.3 Å². The Bertz CT molecular complexity index is 1380. The van der Waals surface area contributed by atoms with Crippen LogP contribution in [-0.4, -0.2) is 43.1 Å². The Morgan fingerprint density at radius 1 is 0.943 bits per heavy atom. The summed E-state index contributed by atoms with van der Waals surface area (Å²) in [7, 11) is -0.302. The highest BCUT2D eigenvalue weighted by atomic mass is 32.2. The Morgan fingerprint density at radius 3 is 2.20 bits per heavy atom. The number of hydrogen-bond donors (Lipinski definition) is 1. The van der Waals surface area contributed by atoms with Gasteiger partial charge < -0.3 is 4.90 Å². The van der Waals surface area contributed by atoms with Crippen molar-refractivity contribution in [1.82, 2.24) is 19.4 Å². The molecular weight excluding hydrogens is 460 g/mol. The molecule has 1 aromatic heterocycles. The molecule has 0 atom stereocenters. The molecule has 1 N–H and O–H groups in total. The van der Waals surface area contributed by atoms with Crippen molar-refractivity contribution in [3.63, 3.8) is 0 Å². The maximum atomic E-state index is 12.9. The van der Waals surface area contributed by atoms with E-state index >= 15 is 0 Å². The van der Waals surface area contributed by atoms with Crippen LogP contribution in [0.15, 0.2) is 96.0 Å². The molecule has 180 valence electrons. The summed E-state index contributed by atoms with van der Waals surface area (Å²) >= 11 is 0. The van der Waals surface area contributed by atoms with Gasteiger partial charge in [0.05, 0.1) is 16.3 Å². The molecule has 7 nitrogen and oxygen atoms in total. The monoisotopic (exact) mass is 488 g/mol. The van der Waals surface area contributed by atoms with E-state index in [-0.39, 0.29) is 10.8 Å². The number of sulfonamides is 1. The minimum absolute atomic E-state index is 0.00314. The summed E-state index contributed by atoms with van der Waals surface area (Å²) in [6, 6.07) is 26.4. The van der Waals surface area contributed by atoms with E-state index in [9.17, 15) is 13.2 Å². The molecular formula is C27H28N4O3S. The lowest BCUT2D eigenvalue weighted by molar-refractivity contribution is -0.130. The highest BCUT2D eigenvalue weighted by molar-refractivity contribution is 7.89. The van der Waals surface area contributed by atoms with Gasteiger partial charge in [0.25, 0.3) is 0 Å². The van der Waals surface area contributed by atoms with Crippen molar-refractivity contribution in [3.05, 3.63) is 102 Å². The lowest BCUT2D eigenvalue weighted by Gasteiger charge is -2.17. The number of para-hydroxylation sites is 1. The number of rotatable bonds is 9. The van der Waals surface area contributed by atoms with Crippen LogP contribution in [0.3, 0.4) is 0 Å². The van der Waals surface area contributed by atoms with Crippen molar-refractivity contribution in [2.75, 3.05) is 14.1 Å². The first kappa shape index (κ1) is 24.4. The fraction of sp³-hybridized carbons (Fsp3) is 0.185. The van der Waals surface area contributed by atoms with Crippen LogP contribution in [0.25, 0.3) is 16.9 Å². The number of amides is 1. The minimum atomic E-state index is -3.47. The van der Waals surface area contributed by atoms with Gasteiger partial charge in [-0.25, -0.2) is 17.8 Å². The van der Waals surface area contributed by atoms with Gasteiger partial charge in [-0.2, -0.15) is 5.10 Å². The zero-order valence-electron chi connectivity index (χ0n) is 19.8. The highest BCUT2D eigenvalue weighted by Gasteiger charge is 2.17. The predicted octanol–water partition coefficient (Wildman–Crippen LogP) is 4.04. The Labute approximate surface area is 206 Å². The van der Waals surface area contributed by atoms with Gasteiger partial charge >= 0.3 is 0 Å². The van der Waals surface area contributed by atoms with Crippen molar-refractivity contribution in [2.24, 2.45) is 0 Å². The van der Waals surface area contributed by atoms with Crippen LogP contribution in [0.5, 0.6) is 0 Å². The second kappa shape index (κ2) is 10.7. The molecule has 0 aliphatic heterocycles. The van der Waals surface area contributed by atoms with Crippen molar-refractivity contribution in [1.29, 1.82) is 0 Å². The number of aryl methyl sites for hydroxylation is 1. The van der Waals surface area contributed by atoms with Crippen molar-refractivity contribution >= 4 is 15.9 Å². The lowest BCUT2D eigenvalue weighted by Crippen LogP contribution is -2.26. The third-order valence-electron chi connectivity index (χ3n) is 5.82. The molecule has 4 aromatic rings. The summed E-state index contributed by atoms with van der Waals surface area (Å²) < 4.78 is 27.9. The van der Waals surface area contributed by atoms with Crippen LogP contribution < -0.4 is 4.72 Å². The average molecular weight is 489 g/mol. The van der Waals surface area contributed by atoms with E-state index in [1.165, 1.54) is 7.05 Å². The lowest BCUT2D eigenvalue weighted by atomic mass is 10.1. The Balaban J connectivity index is 1.47. The van der Waals surface area contributed by atoms with Crippen molar-refractivity contribution in [3.8, 4) is 16.9 Å². The van der Waals surface area contributed by atoms with Gasteiger partial charge in [0.2, 0.25) is 15.9 Å². The number of benzene rings is 3. The Kier molecular flexibility index (Phi) is 7.43. The Morgan fingerprint density at radius 2 is 1.57 bits per heavy atom. The van der Waals surface area contributed by atoms with Crippen molar-refractivity contribution in [2.45, 2.75) is 24.3 Å². The normalized spacial score (nSPS) is 11.4. The fourth-order valence-corrected chi connectivity index (χ4v) is 4.55. The molecule has 0 saturated carbocycles. The molecule has 0 radical (unpaired) electrons. The number of nitrogens with zero attached hydrogens (tertiary/aromatic N) is 3. The number of carbonyl (C=O) groups excluding carboxylic acids is 1. The summed E-state index contributed by atoms with van der Waals surface area (Å²) in [5.74, 6) is 0.00314. The predicted molar refractivity (Wildman–Crippen MR) is 136 cm³/mol. The topological polar surface area (TPSA) is 84.3 Å². The summed E-state index contributed by atoms with van der Waals surface area (Å²) in [5.41, 5.74) is 4.65. The standard InChI is InChI=1S/C27H28N4O3S/c1-28-35(33,34)25-16-13-21(14-17-25)15-18-26(32)30(2)19-23-20-31(24-11-7-4-8-12-24)29-27(23)22-9-5-3-6-10-22/h3-14,16-17,20,28H,15,18-19H2,1-2H3. The van der Waals surface area contributed by atoms with Crippen LogP contribution in [0, 0.1) is 0 Å². The molecule has 1 amide bonds. The van der Waals surface area contributed by atoms with Gasteiger partial charge in [-0.1, -0.05) is 60.7 Å². The third kappa shape index (κ3) is 5.85. The molecule has 35 heavy (non-hydrogen) atoms. The largest absolute Gasteiger partial charge is 0.341 e. The fourth-order valence-electron chi connectivity index (χ4n) is 3.82. The molecule has 0 aliphatic rings. The smallest absolute Gasteiger partial charge is 0.240 e. The van der Waals surface area contributed by atoms with E-state index in [1.54, 1.807) is 36.2 Å². The van der Waals surface area contributed by atoms with Gasteiger partial charge in [0.1, 0.15) is 0 Å². The van der Waals surface area contributed by atoms with E-state index < -0.39 is 10.0 Å². The van der Waals surface area contributed by atoms with E-state index in [0.29, 0.717) is 19.4 Å². The summed E-state index contributed by atoms with van der Waals surface area (Å²) in [6.07, 6.45) is 2.82. The second-order valence-electron chi connectivity index (χ2n) is 8.25. The van der Waals surface area contributed by atoms with Crippen LogP contribution >= 0.6 is 0 Å². The van der Waals surface area contributed by atoms with Gasteiger partial charge in [0.15, 0.2) is 0 Å². The van der Waals surface area contributed by atoms with E-state index in [2.05, 4.69) is 4.72 Å². The molecule has 1 heterocycles. The number of nitrogens with one attached hydrogen (secondary N) is 1. The summed E-state index contributed by atoms with van der Waals surface area (Å²) in [5, 5.41) is 4.82. The molecule has 3 aromatic carbocycles. The number of aromatic nitrogens is 2. The zero-order chi connectivity index (χ0) is 24.8. The maximum Gasteiger partial charge on any atom is 0.240 e. The molecule has 0 bridgehead atoms. The molecule has 4 rings (SSSR count). The van der Waals surface area contributed by atoms with Gasteiger partial charge in [-0.05, 0) is 43.3 Å². The highest BCUT2D eigenvalue weighted by Crippen LogP contribution is 2.25. The minimum Gasteiger partial charge on any atom is -0.341 e. The number of hydrogen-bond acceptors (Lipinski definition) is 4. The van der Waals surface area contributed by atoms with Gasteiger partial charge in [-0.15, -0.1) is 0 Å². The van der Waals surface area contributed by atoms with Crippen LogP contribution in [0.2, 0.25) is 0 Å². The third-order valence-corrected chi connectivity index (χ3v) is 7.25. The van der Waals surface area contributed by atoms with Gasteiger partial charge in [-0.3, -0.25) is 4.79 Å². The summed E-state index contributed by atoms with van der Waals surface area (Å²) in [6.45, 7) is 0.426.